The quantitative estimate of drug-likeness (QED) is 0.603. The molecule has 3 rings (SSSR count). The molecule has 0 atom stereocenters. The van der Waals surface area contributed by atoms with Crippen LogP contribution in [-0.4, -0.2) is 31.6 Å². The average molecular weight is 326 g/mol. The van der Waals surface area contributed by atoms with E-state index >= 15 is 0 Å². The van der Waals surface area contributed by atoms with Crippen LogP contribution < -0.4 is 9.47 Å². The molecule has 1 aliphatic rings. The van der Waals surface area contributed by atoms with E-state index in [4.69, 9.17) is 14.2 Å². The Bertz CT molecular complexity index is 749. The van der Waals surface area contributed by atoms with E-state index in [0.29, 0.717) is 30.1 Å². The van der Waals surface area contributed by atoms with Crippen molar-refractivity contribution in [2.24, 2.45) is 0 Å². The number of ether oxygens (including phenoxy) is 3. The van der Waals surface area contributed by atoms with Crippen molar-refractivity contribution >= 4 is 11.8 Å². The first-order chi connectivity index (χ1) is 11.7. The molecule has 0 bridgehead atoms. The highest BCUT2D eigenvalue weighted by Gasteiger charge is 2.15. The highest BCUT2D eigenvalue weighted by atomic mass is 16.5. The van der Waals surface area contributed by atoms with Crippen LogP contribution >= 0.6 is 0 Å². The SMILES string of the molecule is CCOC(=O)c1ccc(OCC(=O)c2ccc3c(c2)CCO3)cc1. The predicted octanol–water partition coefficient (Wildman–Crippen LogP) is 3.06. The molecule has 0 spiro atoms. The zero-order valence-corrected chi connectivity index (χ0v) is 13.4. The van der Waals surface area contributed by atoms with E-state index in [1.54, 1.807) is 37.3 Å². The van der Waals surface area contributed by atoms with Gasteiger partial charge in [0.25, 0.3) is 0 Å². The van der Waals surface area contributed by atoms with Crippen LogP contribution in [0.5, 0.6) is 11.5 Å². The lowest BCUT2D eigenvalue weighted by Crippen LogP contribution is -2.12. The molecule has 0 saturated carbocycles. The number of carbonyl (C=O) groups excluding carboxylic acids is 2. The largest absolute Gasteiger partial charge is 0.493 e. The molecular weight excluding hydrogens is 308 g/mol. The predicted molar refractivity (Wildman–Crippen MR) is 87.9 cm³/mol. The molecule has 0 fully saturated rings. The van der Waals surface area contributed by atoms with Gasteiger partial charge in [0, 0.05) is 12.0 Å². The van der Waals surface area contributed by atoms with Gasteiger partial charge in [-0.25, -0.2) is 4.79 Å². The lowest BCUT2D eigenvalue weighted by molar-refractivity contribution is 0.0526. The summed E-state index contributed by atoms with van der Waals surface area (Å²) in [6.07, 6.45) is 0.826. The van der Waals surface area contributed by atoms with Gasteiger partial charge in [0.1, 0.15) is 11.5 Å². The molecule has 0 aromatic heterocycles. The maximum atomic E-state index is 12.2. The van der Waals surface area contributed by atoms with Gasteiger partial charge < -0.3 is 14.2 Å². The standard InChI is InChI=1S/C19H18O5/c1-2-22-19(21)13-3-6-16(7-4-13)24-12-17(20)14-5-8-18-15(11-14)9-10-23-18/h3-8,11H,2,9-10,12H2,1H3. The molecule has 0 amide bonds. The first-order valence-electron chi connectivity index (χ1n) is 7.86. The zero-order chi connectivity index (χ0) is 16.9. The minimum absolute atomic E-state index is 0.0571. The topological polar surface area (TPSA) is 61.8 Å². The molecule has 0 radical (unpaired) electrons. The number of rotatable bonds is 6. The zero-order valence-electron chi connectivity index (χ0n) is 13.4. The smallest absolute Gasteiger partial charge is 0.338 e. The van der Waals surface area contributed by atoms with Crippen molar-refractivity contribution in [3.63, 3.8) is 0 Å². The van der Waals surface area contributed by atoms with Crippen LogP contribution in [-0.2, 0) is 11.2 Å². The lowest BCUT2D eigenvalue weighted by Gasteiger charge is -2.07. The second kappa shape index (κ2) is 7.17. The van der Waals surface area contributed by atoms with E-state index in [1.165, 1.54) is 0 Å². The molecule has 2 aromatic carbocycles. The van der Waals surface area contributed by atoms with Gasteiger partial charge in [0.05, 0.1) is 18.8 Å². The molecule has 0 saturated heterocycles. The number of ketones is 1. The summed E-state index contributed by atoms with van der Waals surface area (Å²) in [6, 6.07) is 12.0. The fraction of sp³-hybridized carbons (Fsp3) is 0.263. The van der Waals surface area contributed by atoms with E-state index < -0.39 is 0 Å². The minimum atomic E-state index is -0.375. The summed E-state index contributed by atoms with van der Waals surface area (Å²) < 4.78 is 15.8. The maximum Gasteiger partial charge on any atom is 0.338 e. The van der Waals surface area contributed by atoms with Gasteiger partial charge in [-0.1, -0.05) is 0 Å². The molecular formula is C19H18O5. The van der Waals surface area contributed by atoms with Crippen LogP contribution in [0.3, 0.4) is 0 Å². The van der Waals surface area contributed by atoms with E-state index in [-0.39, 0.29) is 18.4 Å². The number of carbonyl (C=O) groups is 2. The van der Waals surface area contributed by atoms with Gasteiger partial charge in [-0.15, -0.1) is 0 Å². The van der Waals surface area contributed by atoms with Crippen LogP contribution in [0.15, 0.2) is 42.5 Å². The van der Waals surface area contributed by atoms with Crippen molar-refractivity contribution in [2.75, 3.05) is 19.8 Å². The van der Waals surface area contributed by atoms with Crippen LogP contribution in [0.25, 0.3) is 0 Å². The minimum Gasteiger partial charge on any atom is -0.493 e. The fourth-order valence-electron chi connectivity index (χ4n) is 2.49. The molecule has 0 aliphatic carbocycles. The third kappa shape index (κ3) is 3.56. The van der Waals surface area contributed by atoms with Gasteiger partial charge in [0.15, 0.2) is 12.4 Å². The summed E-state index contributed by atoms with van der Waals surface area (Å²) in [7, 11) is 0. The highest BCUT2D eigenvalue weighted by Crippen LogP contribution is 2.26. The Morgan fingerprint density at radius 1 is 1.08 bits per heavy atom. The lowest BCUT2D eigenvalue weighted by atomic mass is 10.1. The van der Waals surface area contributed by atoms with Crippen molar-refractivity contribution in [3.05, 3.63) is 59.2 Å². The Balaban J connectivity index is 1.59. The van der Waals surface area contributed by atoms with E-state index in [1.807, 2.05) is 12.1 Å². The summed E-state index contributed by atoms with van der Waals surface area (Å²) in [4.78, 5) is 23.8. The average Bonchev–Trinajstić information content (AvgIpc) is 3.08. The summed E-state index contributed by atoms with van der Waals surface area (Å²) in [5.74, 6) is 0.905. The van der Waals surface area contributed by atoms with Gasteiger partial charge in [-0.05, 0) is 55.0 Å². The molecule has 5 heteroatoms. The van der Waals surface area contributed by atoms with E-state index in [2.05, 4.69) is 0 Å². The van der Waals surface area contributed by atoms with Gasteiger partial charge in [-0.3, -0.25) is 4.79 Å². The first kappa shape index (κ1) is 16.1. The molecule has 2 aromatic rings. The van der Waals surface area contributed by atoms with E-state index in [0.717, 1.165) is 17.7 Å². The Morgan fingerprint density at radius 3 is 2.58 bits per heavy atom. The maximum absolute atomic E-state index is 12.2. The Labute approximate surface area is 140 Å². The summed E-state index contributed by atoms with van der Waals surface area (Å²) >= 11 is 0. The Morgan fingerprint density at radius 2 is 1.83 bits per heavy atom. The third-order valence-electron chi connectivity index (χ3n) is 3.75. The Kier molecular flexibility index (Phi) is 4.79. The molecule has 24 heavy (non-hydrogen) atoms. The summed E-state index contributed by atoms with van der Waals surface area (Å²) in [5, 5.41) is 0. The Hall–Kier alpha value is -2.82. The summed E-state index contributed by atoms with van der Waals surface area (Å²) in [6.45, 7) is 2.69. The number of Topliss-reactive ketones (excluding diaryl/α,β-unsaturated/α-hetero) is 1. The molecule has 5 nitrogen and oxygen atoms in total. The molecule has 124 valence electrons. The van der Waals surface area contributed by atoms with Gasteiger partial charge in [-0.2, -0.15) is 0 Å². The van der Waals surface area contributed by atoms with Crippen LogP contribution in [0.2, 0.25) is 0 Å². The highest BCUT2D eigenvalue weighted by molar-refractivity contribution is 5.97. The van der Waals surface area contributed by atoms with E-state index in [9.17, 15) is 9.59 Å². The number of esters is 1. The number of hydrogen-bond donors (Lipinski definition) is 0. The third-order valence-corrected chi connectivity index (χ3v) is 3.75. The van der Waals surface area contributed by atoms with Gasteiger partial charge in [0.2, 0.25) is 0 Å². The number of hydrogen-bond acceptors (Lipinski definition) is 5. The normalized spacial score (nSPS) is 12.2. The van der Waals surface area contributed by atoms with Crippen molar-refractivity contribution in [1.29, 1.82) is 0 Å². The first-order valence-corrected chi connectivity index (χ1v) is 7.86. The molecule has 0 unspecified atom stereocenters. The number of fused-ring (bicyclic) bond motifs is 1. The number of benzene rings is 2. The van der Waals surface area contributed by atoms with Crippen molar-refractivity contribution in [3.8, 4) is 11.5 Å². The molecule has 1 heterocycles. The monoisotopic (exact) mass is 326 g/mol. The second-order valence-corrected chi connectivity index (χ2v) is 5.38. The summed E-state index contributed by atoms with van der Waals surface area (Å²) in [5.41, 5.74) is 2.12. The van der Waals surface area contributed by atoms with Crippen molar-refractivity contribution < 1.29 is 23.8 Å². The van der Waals surface area contributed by atoms with Crippen LogP contribution in [0, 0.1) is 0 Å². The fourth-order valence-corrected chi connectivity index (χ4v) is 2.49. The van der Waals surface area contributed by atoms with Gasteiger partial charge >= 0.3 is 5.97 Å². The van der Waals surface area contributed by atoms with Crippen molar-refractivity contribution in [2.45, 2.75) is 13.3 Å². The van der Waals surface area contributed by atoms with Crippen LogP contribution in [0.1, 0.15) is 33.2 Å². The van der Waals surface area contributed by atoms with Crippen molar-refractivity contribution in [1.82, 2.24) is 0 Å². The van der Waals surface area contributed by atoms with Crippen LogP contribution in [0.4, 0.5) is 0 Å². The molecule has 0 N–H and O–H groups in total. The second-order valence-electron chi connectivity index (χ2n) is 5.38. The molecule has 1 aliphatic heterocycles.